The average molecular weight is 358 g/mol. The lowest BCUT2D eigenvalue weighted by atomic mass is 10.3. The van der Waals surface area contributed by atoms with Crippen molar-refractivity contribution in [3.05, 3.63) is 59.1 Å². The minimum Gasteiger partial charge on any atom is -0.484 e. The van der Waals surface area contributed by atoms with Crippen LogP contribution in [0.5, 0.6) is 5.75 Å². The van der Waals surface area contributed by atoms with E-state index in [1.807, 2.05) is 19.9 Å². The predicted molar refractivity (Wildman–Crippen MR) is 94.2 cm³/mol. The Morgan fingerprint density at radius 3 is 2.64 bits per heavy atom. The molecule has 1 aromatic carbocycles. The Balaban J connectivity index is 1.64. The number of ether oxygens (including phenoxy) is 1. The predicted octanol–water partition coefficient (Wildman–Crippen LogP) is 2.95. The van der Waals surface area contributed by atoms with Crippen molar-refractivity contribution in [2.75, 3.05) is 11.9 Å². The van der Waals surface area contributed by atoms with Gasteiger partial charge in [0.15, 0.2) is 12.4 Å². The van der Waals surface area contributed by atoms with E-state index in [-0.39, 0.29) is 12.5 Å². The highest BCUT2D eigenvalue weighted by molar-refractivity contribution is 6.30. The first-order valence-corrected chi connectivity index (χ1v) is 7.93. The van der Waals surface area contributed by atoms with Crippen LogP contribution in [0.3, 0.4) is 0 Å². The molecule has 3 aromatic rings. The normalized spacial score (nSPS) is 10.5. The van der Waals surface area contributed by atoms with E-state index in [4.69, 9.17) is 16.3 Å². The van der Waals surface area contributed by atoms with Gasteiger partial charge in [-0.15, -0.1) is 0 Å². The Kier molecular flexibility index (Phi) is 4.95. The van der Waals surface area contributed by atoms with E-state index in [1.54, 1.807) is 35.0 Å². The Morgan fingerprint density at radius 2 is 1.96 bits per heavy atom. The molecular formula is C17H16ClN5O2. The average Bonchev–Trinajstić information content (AvgIpc) is 2.93. The summed E-state index contributed by atoms with van der Waals surface area (Å²) < 4.78 is 7.09. The summed E-state index contributed by atoms with van der Waals surface area (Å²) in [6.45, 7) is 3.70. The zero-order valence-corrected chi connectivity index (χ0v) is 14.5. The largest absolute Gasteiger partial charge is 0.484 e. The van der Waals surface area contributed by atoms with Gasteiger partial charge in [0, 0.05) is 16.8 Å². The van der Waals surface area contributed by atoms with Gasteiger partial charge < -0.3 is 10.1 Å². The number of nitrogens with zero attached hydrogens (tertiary/aromatic N) is 4. The number of hydrogen-bond donors (Lipinski definition) is 1. The molecule has 8 heteroatoms. The van der Waals surface area contributed by atoms with Crippen molar-refractivity contribution < 1.29 is 9.53 Å². The van der Waals surface area contributed by atoms with Crippen molar-refractivity contribution in [1.82, 2.24) is 19.7 Å². The maximum Gasteiger partial charge on any atom is 0.263 e. The number of carbonyl (C=O) groups is 1. The molecule has 0 spiro atoms. The molecule has 1 N–H and O–H groups in total. The number of carbonyl (C=O) groups excluding carboxylic acids is 1. The fourth-order valence-corrected chi connectivity index (χ4v) is 2.38. The summed E-state index contributed by atoms with van der Waals surface area (Å²) in [6.07, 6.45) is 1.38. The molecule has 0 saturated carbocycles. The Bertz CT molecular complexity index is 892. The van der Waals surface area contributed by atoms with Gasteiger partial charge in [0.05, 0.1) is 5.69 Å². The number of halogens is 1. The van der Waals surface area contributed by atoms with Crippen LogP contribution in [0.25, 0.3) is 5.82 Å². The Hall–Kier alpha value is -2.93. The number of anilines is 1. The topological polar surface area (TPSA) is 81.9 Å². The molecule has 0 atom stereocenters. The number of nitrogens with one attached hydrogen (secondary N) is 1. The second kappa shape index (κ2) is 7.31. The fourth-order valence-electron chi connectivity index (χ4n) is 2.25. The minimum absolute atomic E-state index is 0.138. The number of hydrogen-bond acceptors (Lipinski definition) is 5. The van der Waals surface area contributed by atoms with Crippen LogP contribution < -0.4 is 10.1 Å². The Morgan fingerprint density at radius 1 is 1.20 bits per heavy atom. The SMILES string of the molecule is Cc1cc(C)n(-c2cc(NC(=O)COc3ccc(Cl)cc3)ncn2)n1. The summed E-state index contributed by atoms with van der Waals surface area (Å²) in [7, 11) is 0. The quantitative estimate of drug-likeness (QED) is 0.759. The fraction of sp³-hybridized carbons (Fsp3) is 0.176. The third-order valence-electron chi connectivity index (χ3n) is 3.33. The molecule has 0 aliphatic carbocycles. The first-order chi connectivity index (χ1) is 12.0. The second-order valence-electron chi connectivity index (χ2n) is 5.39. The van der Waals surface area contributed by atoms with Gasteiger partial charge in [-0.2, -0.15) is 5.10 Å². The monoisotopic (exact) mass is 357 g/mol. The van der Waals surface area contributed by atoms with Gasteiger partial charge in [-0.25, -0.2) is 14.6 Å². The smallest absolute Gasteiger partial charge is 0.263 e. The van der Waals surface area contributed by atoms with Gasteiger partial charge in [-0.05, 0) is 44.2 Å². The molecule has 3 rings (SSSR count). The van der Waals surface area contributed by atoms with E-state index >= 15 is 0 Å². The van der Waals surface area contributed by atoms with Crippen molar-refractivity contribution in [2.45, 2.75) is 13.8 Å². The Labute approximate surface area is 149 Å². The van der Waals surface area contributed by atoms with Crippen molar-refractivity contribution in [2.24, 2.45) is 0 Å². The summed E-state index contributed by atoms with van der Waals surface area (Å²) in [5, 5.41) is 7.65. The van der Waals surface area contributed by atoms with Gasteiger partial charge in [-0.1, -0.05) is 11.6 Å². The molecule has 0 aliphatic heterocycles. The summed E-state index contributed by atoms with van der Waals surface area (Å²) in [5.41, 5.74) is 1.83. The summed E-state index contributed by atoms with van der Waals surface area (Å²) in [4.78, 5) is 20.3. The number of aryl methyl sites for hydroxylation is 2. The molecule has 0 radical (unpaired) electrons. The van der Waals surface area contributed by atoms with E-state index < -0.39 is 0 Å². The molecule has 0 fully saturated rings. The molecule has 0 bridgehead atoms. The van der Waals surface area contributed by atoms with Crippen molar-refractivity contribution in [3.8, 4) is 11.6 Å². The molecule has 2 aromatic heterocycles. The van der Waals surface area contributed by atoms with E-state index in [2.05, 4.69) is 20.4 Å². The van der Waals surface area contributed by atoms with Crippen molar-refractivity contribution in [3.63, 3.8) is 0 Å². The number of benzene rings is 1. The first-order valence-electron chi connectivity index (χ1n) is 7.55. The van der Waals surface area contributed by atoms with E-state index in [0.29, 0.717) is 22.4 Å². The molecule has 2 heterocycles. The van der Waals surface area contributed by atoms with Gasteiger partial charge in [0.1, 0.15) is 17.9 Å². The van der Waals surface area contributed by atoms with Gasteiger partial charge in [0.2, 0.25) is 0 Å². The van der Waals surface area contributed by atoms with Crippen LogP contribution in [0, 0.1) is 13.8 Å². The number of amides is 1. The maximum atomic E-state index is 12.0. The number of rotatable bonds is 5. The lowest BCUT2D eigenvalue weighted by Gasteiger charge is -2.08. The van der Waals surface area contributed by atoms with Gasteiger partial charge >= 0.3 is 0 Å². The van der Waals surface area contributed by atoms with Crippen LogP contribution in [0.2, 0.25) is 5.02 Å². The third-order valence-corrected chi connectivity index (χ3v) is 3.58. The van der Waals surface area contributed by atoms with Crippen LogP contribution >= 0.6 is 11.6 Å². The highest BCUT2D eigenvalue weighted by Crippen LogP contribution is 2.16. The summed E-state index contributed by atoms with van der Waals surface area (Å²) >= 11 is 5.80. The van der Waals surface area contributed by atoms with E-state index in [9.17, 15) is 4.79 Å². The molecule has 0 unspecified atom stereocenters. The van der Waals surface area contributed by atoms with Crippen LogP contribution in [-0.4, -0.2) is 32.3 Å². The summed E-state index contributed by atoms with van der Waals surface area (Å²) in [6, 6.07) is 10.4. The molecule has 0 aliphatic rings. The zero-order valence-electron chi connectivity index (χ0n) is 13.7. The highest BCUT2D eigenvalue weighted by Gasteiger charge is 2.09. The lowest BCUT2D eigenvalue weighted by molar-refractivity contribution is -0.118. The van der Waals surface area contributed by atoms with E-state index in [0.717, 1.165) is 11.4 Å². The van der Waals surface area contributed by atoms with E-state index in [1.165, 1.54) is 6.33 Å². The zero-order chi connectivity index (χ0) is 17.8. The first kappa shape index (κ1) is 16.9. The molecule has 0 saturated heterocycles. The molecule has 7 nitrogen and oxygen atoms in total. The number of aromatic nitrogens is 4. The van der Waals surface area contributed by atoms with Crippen LogP contribution in [-0.2, 0) is 4.79 Å². The standard InChI is InChI=1S/C17H16ClN5O2/c1-11-7-12(2)23(22-11)16-8-15(19-10-20-16)21-17(24)9-25-14-5-3-13(18)4-6-14/h3-8,10H,9H2,1-2H3,(H,19,20,21,24). The maximum absolute atomic E-state index is 12.0. The van der Waals surface area contributed by atoms with Crippen molar-refractivity contribution >= 4 is 23.3 Å². The van der Waals surface area contributed by atoms with Crippen LogP contribution in [0.15, 0.2) is 42.7 Å². The van der Waals surface area contributed by atoms with Crippen LogP contribution in [0.4, 0.5) is 5.82 Å². The molecule has 128 valence electrons. The van der Waals surface area contributed by atoms with Crippen molar-refractivity contribution in [1.29, 1.82) is 0 Å². The lowest BCUT2D eigenvalue weighted by Crippen LogP contribution is -2.21. The third kappa shape index (κ3) is 4.33. The molecule has 25 heavy (non-hydrogen) atoms. The highest BCUT2D eigenvalue weighted by atomic mass is 35.5. The van der Waals surface area contributed by atoms with Gasteiger partial charge in [-0.3, -0.25) is 4.79 Å². The van der Waals surface area contributed by atoms with Gasteiger partial charge in [0.25, 0.3) is 5.91 Å². The minimum atomic E-state index is -0.326. The van der Waals surface area contributed by atoms with Crippen LogP contribution in [0.1, 0.15) is 11.4 Å². The second-order valence-corrected chi connectivity index (χ2v) is 5.83. The molecule has 1 amide bonds. The molecular weight excluding hydrogens is 342 g/mol. The summed E-state index contributed by atoms with van der Waals surface area (Å²) in [5.74, 6) is 1.19.